The van der Waals surface area contributed by atoms with Gasteiger partial charge in [-0.3, -0.25) is 4.79 Å². The summed E-state index contributed by atoms with van der Waals surface area (Å²) in [6.07, 6.45) is 2.33. The summed E-state index contributed by atoms with van der Waals surface area (Å²) in [6, 6.07) is 10.1. The second kappa shape index (κ2) is 4.80. The molecule has 1 saturated carbocycles. The molecule has 0 radical (unpaired) electrons. The van der Waals surface area contributed by atoms with E-state index in [2.05, 4.69) is 10.2 Å². The standard InChI is InChI=1S/C13H14N2O/c1-14-9-12(16)15-13(11-7-8-11)10-5-3-2-4-6-10/h2-6,11,13H,7-9H2,(H,15,16)/t13-/m1/s1. The Bertz CT molecular complexity index is 404. The smallest absolute Gasteiger partial charge is 0.300 e. The highest BCUT2D eigenvalue weighted by molar-refractivity contribution is 5.80. The molecule has 0 aliphatic heterocycles. The lowest BCUT2D eigenvalue weighted by Crippen LogP contribution is -2.31. The Morgan fingerprint density at radius 3 is 2.69 bits per heavy atom. The molecule has 1 aliphatic carbocycles. The van der Waals surface area contributed by atoms with Gasteiger partial charge in [-0.25, -0.2) is 6.57 Å². The van der Waals surface area contributed by atoms with Gasteiger partial charge >= 0.3 is 5.91 Å². The zero-order chi connectivity index (χ0) is 11.4. The highest BCUT2D eigenvalue weighted by Gasteiger charge is 2.33. The first-order valence-corrected chi connectivity index (χ1v) is 5.49. The van der Waals surface area contributed by atoms with Crippen molar-refractivity contribution in [2.24, 2.45) is 5.92 Å². The number of hydrogen-bond acceptors (Lipinski definition) is 1. The summed E-state index contributed by atoms with van der Waals surface area (Å²) < 4.78 is 0. The molecule has 1 aromatic carbocycles. The number of carbonyl (C=O) groups is 1. The van der Waals surface area contributed by atoms with Gasteiger partial charge in [0.15, 0.2) is 0 Å². The van der Waals surface area contributed by atoms with Gasteiger partial charge in [-0.15, -0.1) is 0 Å². The van der Waals surface area contributed by atoms with Crippen molar-refractivity contribution < 1.29 is 4.79 Å². The molecule has 1 aromatic rings. The molecule has 3 nitrogen and oxygen atoms in total. The summed E-state index contributed by atoms with van der Waals surface area (Å²) in [7, 11) is 0. The second-order valence-corrected chi connectivity index (χ2v) is 4.11. The van der Waals surface area contributed by atoms with Gasteiger partial charge in [-0.1, -0.05) is 30.3 Å². The Balaban J connectivity index is 2.07. The van der Waals surface area contributed by atoms with Crippen LogP contribution in [0.4, 0.5) is 0 Å². The fourth-order valence-electron chi connectivity index (χ4n) is 1.85. The quantitative estimate of drug-likeness (QED) is 0.766. The maximum atomic E-state index is 11.4. The summed E-state index contributed by atoms with van der Waals surface area (Å²) in [5, 5.41) is 2.94. The average Bonchev–Trinajstić information content (AvgIpc) is 3.11. The summed E-state index contributed by atoms with van der Waals surface area (Å²) in [4.78, 5) is 14.5. The molecule has 0 saturated heterocycles. The predicted molar refractivity (Wildman–Crippen MR) is 61.5 cm³/mol. The second-order valence-electron chi connectivity index (χ2n) is 4.11. The van der Waals surface area contributed by atoms with Crippen molar-refractivity contribution in [2.45, 2.75) is 18.9 Å². The van der Waals surface area contributed by atoms with E-state index in [1.165, 1.54) is 0 Å². The lowest BCUT2D eigenvalue weighted by atomic mass is 10.0. The van der Waals surface area contributed by atoms with E-state index in [-0.39, 0.29) is 18.5 Å². The lowest BCUT2D eigenvalue weighted by molar-refractivity contribution is -0.120. The highest BCUT2D eigenvalue weighted by Crippen LogP contribution is 2.40. The predicted octanol–water partition coefficient (Wildman–Crippen LogP) is 2.17. The van der Waals surface area contributed by atoms with Gasteiger partial charge in [0.05, 0.1) is 6.04 Å². The molecule has 0 unspecified atom stereocenters. The first-order valence-electron chi connectivity index (χ1n) is 5.49. The minimum atomic E-state index is -0.171. The molecular formula is C13H14N2O. The van der Waals surface area contributed by atoms with E-state index in [0.29, 0.717) is 5.92 Å². The van der Waals surface area contributed by atoms with E-state index in [1.807, 2.05) is 30.3 Å². The third-order valence-electron chi connectivity index (χ3n) is 2.79. The van der Waals surface area contributed by atoms with Gasteiger partial charge in [0, 0.05) is 0 Å². The summed E-state index contributed by atoms with van der Waals surface area (Å²) in [6.45, 7) is 6.60. The molecule has 1 atom stereocenters. The number of hydrogen-bond donors (Lipinski definition) is 1. The van der Waals surface area contributed by atoms with Gasteiger partial charge < -0.3 is 10.2 Å². The first kappa shape index (κ1) is 10.7. The molecule has 0 heterocycles. The van der Waals surface area contributed by atoms with Crippen LogP contribution in [0.25, 0.3) is 4.85 Å². The van der Waals surface area contributed by atoms with Gasteiger partial charge in [-0.05, 0) is 24.3 Å². The van der Waals surface area contributed by atoms with Gasteiger partial charge in [-0.2, -0.15) is 0 Å². The van der Waals surface area contributed by atoms with Crippen molar-refractivity contribution in [3.8, 4) is 0 Å². The van der Waals surface area contributed by atoms with Crippen LogP contribution in [0.5, 0.6) is 0 Å². The van der Waals surface area contributed by atoms with Crippen molar-refractivity contribution >= 4 is 5.91 Å². The van der Waals surface area contributed by atoms with Crippen LogP contribution < -0.4 is 5.32 Å². The third-order valence-corrected chi connectivity index (χ3v) is 2.79. The van der Waals surface area contributed by atoms with Crippen LogP contribution in [0, 0.1) is 12.5 Å². The number of amides is 1. The van der Waals surface area contributed by atoms with Crippen molar-refractivity contribution in [2.75, 3.05) is 6.54 Å². The van der Waals surface area contributed by atoms with Gasteiger partial charge in [0.25, 0.3) is 6.54 Å². The normalized spacial score (nSPS) is 16.2. The highest BCUT2D eigenvalue weighted by atomic mass is 16.1. The van der Waals surface area contributed by atoms with Gasteiger partial charge in [0.2, 0.25) is 0 Å². The van der Waals surface area contributed by atoms with Crippen molar-refractivity contribution in [3.63, 3.8) is 0 Å². The molecule has 1 fully saturated rings. The molecule has 0 bridgehead atoms. The molecule has 1 aliphatic rings. The molecule has 16 heavy (non-hydrogen) atoms. The van der Waals surface area contributed by atoms with E-state index in [4.69, 9.17) is 6.57 Å². The SMILES string of the molecule is [C-]#[N+]CC(=O)N[C@H](c1ccccc1)C1CC1. The molecule has 82 valence electrons. The van der Waals surface area contributed by atoms with E-state index in [1.54, 1.807) is 0 Å². The van der Waals surface area contributed by atoms with E-state index in [9.17, 15) is 4.79 Å². The van der Waals surface area contributed by atoms with Crippen LogP contribution >= 0.6 is 0 Å². The number of nitrogens with one attached hydrogen (secondary N) is 1. The lowest BCUT2D eigenvalue weighted by Gasteiger charge is -2.17. The maximum absolute atomic E-state index is 11.4. The molecule has 2 rings (SSSR count). The largest absolute Gasteiger partial charge is 0.343 e. The Hall–Kier alpha value is -1.82. The molecule has 1 N–H and O–H groups in total. The Labute approximate surface area is 95.3 Å². The molecular weight excluding hydrogens is 200 g/mol. The van der Waals surface area contributed by atoms with Crippen LogP contribution in [0.15, 0.2) is 30.3 Å². The number of carbonyl (C=O) groups excluding carboxylic acids is 1. The minimum Gasteiger partial charge on any atom is -0.343 e. The average molecular weight is 214 g/mol. The molecule has 1 amide bonds. The number of nitrogens with zero attached hydrogens (tertiary/aromatic N) is 1. The van der Waals surface area contributed by atoms with Crippen LogP contribution in [0.1, 0.15) is 24.4 Å². The van der Waals surface area contributed by atoms with Crippen LogP contribution in [-0.2, 0) is 4.79 Å². The van der Waals surface area contributed by atoms with E-state index in [0.717, 1.165) is 18.4 Å². The van der Waals surface area contributed by atoms with Crippen LogP contribution in [-0.4, -0.2) is 12.5 Å². The summed E-state index contributed by atoms with van der Waals surface area (Å²) in [5.41, 5.74) is 1.14. The minimum absolute atomic E-state index is 0.0734. The van der Waals surface area contributed by atoms with E-state index >= 15 is 0 Å². The zero-order valence-electron chi connectivity index (χ0n) is 9.02. The van der Waals surface area contributed by atoms with Gasteiger partial charge in [0.1, 0.15) is 0 Å². The summed E-state index contributed by atoms with van der Waals surface area (Å²) >= 11 is 0. The summed E-state index contributed by atoms with van der Waals surface area (Å²) in [5.74, 6) is 0.382. The number of rotatable bonds is 4. The van der Waals surface area contributed by atoms with E-state index < -0.39 is 0 Å². The fraction of sp³-hybridized carbons (Fsp3) is 0.385. The Morgan fingerprint density at radius 2 is 2.12 bits per heavy atom. The maximum Gasteiger partial charge on any atom is 0.300 e. The first-order chi connectivity index (χ1) is 7.81. The van der Waals surface area contributed by atoms with Crippen molar-refractivity contribution in [1.82, 2.24) is 5.32 Å². The number of benzene rings is 1. The Morgan fingerprint density at radius 1 is 1.44 bits per heavy atom. The topological polar surface area (TPSA) is 33.5 Å². The third kappa shape index (κ3) is 2.60. The van der Waals surface area contributed by atoms with Crippen molar-refractivity contribution in [1.29, 1.82) is 0 Å². The van der Waals surface area contributed by atoms with Crippen LogP contribution in [0.3, 0.4) is 0 Å². The molecule has 3 heteroatoms. The van der Waals surface area contributed by atoms with Crippen LogP contribution in [0.2, 0.25) is 0 Å². The Kier molecular flexibility index (Phi) is 3.21. The molecule has 0 spiro atoms. The monoisotopic (exact) mass is 214 g/mol. The van der Waals surface area contributed by atoms with Crippen molar-refractivity contribution in [3.05, 3.63) is 47.3 Å². The molecule has 0 aromatic heterocycles. The fourth-order valence-corrected chi connectivity index (χ4v) is 1.85. The zero-order valence-corrected chi connectivity index (χ0v) is 9.02.